The monoisotopic (exact) mass is 212 g/mol. The molecule has 1 aliphatic rings. The zero-order chi connectivity index (χ0) is 11.6. The van der Waals surface area contributed by atoms with Gasteiger partial charge in [-0.25, -0.2) is 0 Å². The Balaban J connectivity index is 2.51. The predicted octanol–water partition coefficient (Wildman–Crippen LogP) is 3.71. The average Bonchev–Trinajstić information content (AvgIpc) is 2.18. The second-order valence-electron chi connectivity index (χ2n) is 6.15. The van der Waals surface area contributed by atoms with Gasteiger partial charge in [-0.1, -0.05) is 41.0 Å². The van der Waals surface area contributed by atoms with Crippen molar-refractivity contribution in [2.45, 2.75) is 60.0 Å². The van der Waals surface area contributed by atoms with Gasteiger partial charge in [-0.2, -0.15) is 0 Å². The van der Waals surface area contributed by atoms with Gasteiger partial charge in [-0.15, -0.1) is 0 Å². The first kappa shape index (κ1) is 13.0. The standard InChI is InChI=1S/C14H28O/c1-9(2)6-7-13-8-10(3)14(15)12(5)11(13)4/h9-15H,6-8H2,1-5H3. The molecule has 0 saturated heterocycles. The summed E-state index contributed by atoms with van der Waals surface area (Å²) in [5.41, 5.74) is 0. The summed E-state index contributed by atoms with van der Waals surface area (Å²) in [6.45, 7) is 11.3. The average molecular weight is 212 g/mol. The summed E-state index contributed by atoms with van der Waals surface area (Å²) in [4.78, 5) is 0. The maximum Gasteiger partial charge on any atom is 0.0594 e. The van der Waals surface area contributed by atoms with E-state index in [0.29, 0.717) is 17.8 Å². The molecule has 1 nitrogen and oxygen atoms in total. The first-order valence-corrected chi connectivity index (χ1v) is 6.61. The Bertz CT molecular complexity index is 188. The molecule has 5 atom stereocenters. The first-order valence-electron chi connectivity index (χ1n) is 6.61. The van der Waals surface area contributed by atoms with Gasteiger partial charge in [0.1, 0.15) is 0 Å². The first-order chi connectivity index (χ1) is 6.93. The lowest BCUT2D eigenvalue weighted by Gasteiger charge is -2.41. The molecule has 1 aliphatic carbocycles. The fourth-order valence-corrected chi connectivity index (χ4v) is 3.02. The highest BCUT2D eigenvalue weighted by Gasteiger charge is 2.36. The summed E-state index contributed by atoms with van der Waals surface area (Å²) in [5, 5.41) is 10.0. The maximum absolute atomic E-state index is 10.0. The van der Waals surface area contributed by atoms with Crippen LogP contribution >= 0.6 is 0 Å². The molecule has 1 rings (SSSR count). The largest absolute Gasteiger partial charge is 0.393 e. The van der Waals surface area contributed by atoms with Crippen LogP contribution < -0.4 is 0 Å². The van der Waals surface area contributed by atoms with Crippen molar-refractivity contribution < 1.29 is 5.11 Å². The van der Waals surface area contributed by atoms with E-state index in [9.17, 15) is 5.11 Å². The van der Waals surface area contributed by atoms with E-state index in [1.54, 1.807) is 0 Å². The highest BCUT2D eigenvalue weighted by molar-refractivity contribution is 4.86. The molecule has 0 spiro atoms. The van der Waals surface area contributed by atoms with Crippen LogP contribution in [0.15, 0.2) is 0 Å². The minimum absolute atomic E-state index is 0.0738. The Kier molecular flexibility index (Phi) is 4.64. The van der Waals surface area contributed by atoms with E-state index in [-0.39, 0.29) is 6.10 Å². The van der Waals surface area contributed by atoms with Crippen LogP contribution in [0.3, 0.4) is 0 Å². The highest BCUT2D eigenvalue weighted by Crippen LogP contribution is 2.40. The molecule has 1 N–H and O–H groups in total. The third-order valence-corrected chi connectivity index (χ3v) is 4.48. The van der Waals surface area contributed by atoms with Gasteiger partial charge in [0, 0.05) is 0 Å². The Hall–Kier alpha value is -0.0400. The molecule has 0 bridgehead atoms. The van der Waals surface area contributed by atoms with Gasteiger partial charge in [0.2, 0.25) is 0 Å². The summed E-state index contributed by atoms with van der Waals surface area (Å²) in [5.74, 6) is 3.31. The van der Waals surface area contributed by atoms with E-state index in [1.807, 2.05) is 0 Å². The third-order valence-electron chi connectivity index (χ3n) is 4.48. The summed E-state index contributed by atoms with van der Waals surface area (Å²) in [6, 6.07) is 0. The second kappa shape index (κ2) is 5.34. The van der Waals surface area contributed by atoms with Gasteiger partial charge < -0.3 is 5.11 Å². The Morgan fingerprint density at radius 3 is 2.27 bits per heavy atom. The van der Waals surface area contributed by atoms with Crippen molar-refractivity contribution in [3.05, 3.63) is 0 Å². The van der Waals surface area contributed by atoms with Crippen LogP contribution in [0.5, 0.6) is 0 Å². The minimum atomic E-state index is -0.0738. The van der Waals surface area contributed by atoms with Crippen LogP contribution in [0.1, 0.15) is 53.9 Å². The lowest BCUT2D eigenvalue weighted by molar-refractivity contribution is -0.0258. The van der Waals surface area contributed by atoms with Gasteiger partial charge >= 0.3 is 0 Å². The number of hydrogen-bond donors (Lipinski definition) is 1. The molecule has 0 aliphatic heterocycles. The van der Waals surface area contributed by atoms with E-state index in [0.717, 1.165) is 11.8 Å². The molecule has 0 amide bonds. The van der Waals surface area contributed by atoms with Crippen molar-refractivity contribution in [3.8, 4) is 0 Å². The smallest absolute Gasteiger partial charge is 0.0594 e. The van der Waals surface area contributed by atoms with Gasteiger partial charge in [-0.05, 0) is 42.4 Å². The second-order valence-corrected chi connectivity index (χ2v) is 6.15. The van der Waals surface area contributed by atoms with Crippen LogP contribution in [0.25, 0.3) is 0 Å². The molecule has 15 heavy (non-hydrogen) atoms. The normalized spacial score (nSPS) is 42.2. The fraction of sp³-hybridized carbons (Fsp3) is 1.00. The summed E-state index contributed by atoms with van der Waals surface area (Å²) in [7, 11) is 0. The van der Waals surface area contributed by atoms with E-state index >= 15 is 0 Å². The van der Waals surface area contributed by atoms with Crippen molar-refractivity contribution >= 4 is 0 Å². The van der Waals surface area contributed by atoms with Crippen molar-refractivity contribution in [1.29, 1.82) is 0 Å². The van der Waals surface area contributed by atoms with E-state index in [2.05, 4.69) is 34.6 Å². The van der Waals surface area contributed by atoms with Gasteiger partial charge in [0.25, 0.3) is 0 Å². The summed E-state index contributed by atoms with van der Waals surface area (Å²) in [6.07, 6.45) is 3.83. The molecule has 0 radical (unpaired) electrons. The molecule has 1 heteroatoms. The predicted molar refractivity (Wildman–Crippen MR) is 65.7 cm³/mol. The van der Waals surface area contributed by atoms with Crippen LogP contribution in [-0.2, 0) is 0 Å². The molecular formula is C14H28O. The Labute approximate surface area is 95.3 Å². The van der Waals surface area contributed by atoms with E-state index in [4.69, 9.17) is 0 Å². The Morgan fingerprint density at radius 2 is 1.73 bits per heavy atom. The van der Waals surface area contributed by atoms with E-state index < -0.39 is 0 Å². The zero-order valence-electron chi connectivity index (χ0n) is 11.0. The van der Waals surface area contributed by atoms with Gasteiger partial charge in [0.15, 0.2) is 0 Å². The van der Waals surface area contributed by atoms with Crippen molar-refractivity contribution in [1.82, 2.24) is 0 Å². The van der Waals surface area contributed by atoms with Crippen molar-refractivity contribution in [2.24, 2.45) is 29.6 Å². The minimum Gasteiger partial charge on any atom is -0.393 e. The molecule has 0 heterocycles. The highest BCUT2D eigenvalue weighted by atomic mass is 16.3. The molecule has 0 aromatic heterocycles. The topological polar surface area (TPSA) is 20.2 Å². The molecule has 5 unspecified atom stereocenters. The molecule has 0 aromatic carbocycles. The van der Waals surface area contributed by atoms with Crippen molar-refractivity contribution in [2.75, 3.05) is 0 Å². The molecule has 90 valence electrons. The molecule has 1 saturated carbocycles. The summed E-state index contributed by atoms with van der Waals surface area (Å²) < 4.78 is 0. The molecule has 0 aromatic rings. The number of rotatable bonds is 3. The SMILES string of the molecule is CC(C)CCC1CC(C)C(O)C(C)C1C. The van der Waals surface area contributed by atoms with Crippen LogP contribution in [-0.4, -0.2) is 11.2 Å². The summed E-state index contributed by atoms with van der Waals surface area (Å²) >= 11 is 0. The molecule has 1 fully saturated rings. The Morgan fingerprint density at radius 1 is 1.13 bits per heavy atom. The quantitative estimate of drug-likeness (QED) is 0.756. The zero-order valence-corrected chi connectivity index (χ0v) is 11.0. The van der Waals surface area contributed by atoms with E-state index in [1.165, 1.54) is 19.3 Å². The third kappa shape index (κ3) is 3.21. The number of aliphatic hydroxyl groups is 1. The van der Waals surface area contributed by atoms with Crippen LogP contribution in [0.2, 0.25) is 0 Å². The lowest BCUT2D eigenvalue weighted by Crippen LogP contribution is -2.40. The fourth-order valence-electron chi connectivity index (χ4n) is 3.02. The van der Waals surface area contributed by atoms with Crippen molar-refractivity contribution in [3.63, 3.8) is 0 Å². The van der Waals surface area contributed by atoms with Crippen LogP contribution in [0, 0.1) is 29.6 Å². The maximum atomic E-state index is 10.0. The molecular weight excluding hydrogens is 184 g/mol. The lowest BCUT2D eigenvalue weighted by atomic mass is 9.66. The van der Waals surface area contributed by atoms with Gasteiger partial charge in [0.05, 0.1) is 6.10 Å². The van der Waals surface area contributed by atoms with Crippen LogP contribution in [0.4, 0.5) is 0 Å². The number of hydrogen-bond acceptors (Lipinski definition) is 1. The van der Waals surface area contributed by atoms with Gasteiger partial charge in [-0.3, -0.25) is 0 Å². The number of aliphatic hydroxyl groups excluding tert-OH is 1.